The zero-order chi connectivity index (χ0) is 15.6. The molecule has 6 heteroatoms. The van der Waals surface area contributed by atoms with Gasteiger partial charge in [-0.05, 0) is 30.7 Å². The van der Waals surface area contributed by atoms with Crippen LogP contribution >= 0.6 is 0 Å². The molecule has 0 aromatic heterocycles. The second kappa shape index (κ2) is 4.54. The van der Waals surface area contributed by atoms with E-state index >= 15 is 0 Å². The van der Waals surface area contributed by atoms with Crippen molar-refractivity contribution in [1.29, 1.82) is 0 Å². The second-order valence-electron chi connectivity index (χ2n) is 6.31. The van der Waals surface area contributed by atoms with Gasteiger partial charge in [-0.3, -0.25) is 14.5 Å². The molecule has 0 unspecified atom stereocenters. The zero-order valence-electron chi connectivity index (χ0n) is 12.0. The smallest absolute Gasteiger partial charge is 0.238 e. The maximum atomic E-state index is 12.7. The first-order valence-corrected chi connectivity index (χ1v) is 7.42. The lowest BCUT2D eigenvalue weighted by atomic mass is 9.78. The van der Waals surface area contributed by atoms with Crippen molar-refractivity contribution < 1.29 is 24.5 Å². The van der Waals surface area contributed by atoms with Crippen LogP contribution in [0.5, 0.6) is 5.75 Å². The van der Waals surface area contributed by atoms with Gasteiger partial charge in [-0.15, -0.1) is 0 Å². The van der Waals surface area contributed by atoms with Crippen LogP contribution < -0.4 is 9.64 Å². The molecule has 1 aromatic carbocycles. The molecule has 1 heterocycles. The van der Waals surface area contributed by atoms with Crippen molar-refractivity contribution in [2.75, 3.05) is 12.0 Å². The lowest BCUT2D eigenvalue weighted by Gasteiger charge is -2.29. The minimum Gasteiger partial charge on any atom is -0.497 e. The molecular weight excluding hydrogens is 286 g/mol. The van der Waals surface area contributed by atoms with Crippen molar-refractivity contribution in [3.63, 3.8) is 0 Å². The summed E-state index contributed by atoms with van der Waals surface area (Å²) in [5.41, 5.74) is 0.508. The average Bonchev–Trinajstić information content (AvgIpc) is 3.13. The molecule has 6 atom stereocenters. The Kier molecular flexibility index (Phi) is 2.83. The van der Waals surface area contributed by atoms with Gasteiger partial charge in [-0.25, -0.2) is 0 Å². The van der Waals surface area contributed by atoms with Crippen LogP contribution in [0.2, 0.25) is 0 Å². The Bertz CT molecular complexity index is 610. The number of rotatable bonds is 2. The van der Waals surface area contributed by atoms with Gasteiger partial charge in [-0.2, -0.15) is 0 Å². The molecule has 1 aliphatic heterocycles. The number of imide groups is 1. The third-order valence-electron chi connectivity index (χ3n) is 5.42. The van der Waals surface area contributed by atoms with E-state index < -0.39 is 24.0 Å². The van der Waals surface area contributed by atoms with Crippen molar-refractivity contribution in [1.82, 2.24) is 0 Å². The SMILES string of the molecule is COc1ccc(N2C(=O)[C@@H]3[C@@H]4C[C@@H]([C@@H](O)[C@@H]4O)[C@@H]3C2=O)cc1. The number of fused-ring (bicyclic) bond motifs is 5. The highest BCUT2D eigenvalue weighted by Crippen LogP contribution is 2.56. The summed E-state index contributed by atoms with van der Waals surface area (Å²) in [4.78, 5) is 26.5. The molecule has 1 aromatic rings. The summed E-state index contributed by atoms with van der Waals surface area (Å²) in [6.07, 6.45) is -1.26. The van der Waals surface area contributed by atoms with Crippen LogP contribution in [0.15, 0.2) is 24.3 Å². The maximum absolute atomic E-state index is 12.7. The summed E-state index contributed by atoms with van der Waals surface area (Å²) in [7, 11) is 1.55. The van der Waals surface area contributed by atoms with Crippen LogP contribution in [0.25, 0.3) is 0 Å². The number of amides is 2. The van der Waals surface area contributed by atoms with Crippen molar-refractivity contribution in [2.24, 2.45) is 23.7 Å². The van der Waals surface area contributed by atoms with E-state index in [0.717, 1.165) is 0 Å². The summed E-state index contributed by atoms with van der Waals surface area (Å²) in [6.45, 7) is 0. The van der Waals surface area contributed by atoms with Gasteiger partial charge in [0.05, 0.1) is 36.8 Å². The maximum Gasteiger partial charge on any atom is 0.238 e. The number of benzene rings is 1. The summed E-state index contributed by atoms with van der Waals surface area (Å²) < 4.78 is 5.08. The van der Waals surface area contributed by atoms with Crippen LogP contribution in [-0.2, 0) is 9.59 Å². The minimum absolute atomic E-state index is 0.265. The van der Waals surface area contributed by atoms with Crippen molar-refractivity contribution in [3.8, 4) is 5.75 Å². The number of carbonyl (C=O) groups is 2. The molecule has 2 N–H and O–H groups in total. The molecule has 6 nitrogen and oxygen atoms in total. The van der Waals surface area contributed by atoms with E-state index in [4.69, 9.17) is 4.74 Å². The van der Waals surface area contributed by atoms with E-state index in [0.29, 0.717) is 17.9 Å². The fraction of sp³-hybridized carbons (Fsp3) is 0.500. The molecule has 2 bridgehead atoms. The number of aliphatic hydroxyl groups excluding tert-OH is 2. The van der Waals surface area contributed by atoms with Gasteiger partial charge in [0.1, 0.15) is 5.75 Å². The Hall–Kier alpha value is -1.92. The van der Waals surface area contributed by atoms with Crippen LogP contribution in [0.1, 0.15) is 6.42 Å². The molecule has 0 radical (unpaired) electrons. The summed E-state index contributed by atoms with van der Waals surface area (Å²) in [5.74, 6) is -1.52. The lowest BCUT2D eigenvalue weighted by molar-refractivity contribution is -0.129. The normalized spacial score (nSPS) is 39.5. The Morgan fingerprint density at radius 3 is 1.95 bits per heavy atom. The second-order valence-corrected chi connectivity index (χ2v) is 6.31. The van der Waals surface area contributed by atoms with Crippen molar-refractivity contribution in [3.05, 3.63) is 24.3 Å². The predicted octanol–water partition coefficient (Wildman–Crippen LogP) is 0.172. The number of aliphatic hydroxyl groups is 2. The third-order valence-corrected chi connectivity index (χ3v) is 5.42. The van der Waals surface area contributed by atoms with Crippen LogP contribution in [0.3, 0.4) is 0 Å². The van der Waals surface area contributed by atoms with Crippen molar-refractivity contribution >= 4 is 17.5 Å². The molecule has 0 spiro atoms. The fourth-order valence-electron chi connectivity index (χ4n) is 4.42. The van der Waals surface area contributed by atoms with E-state index in [2.05, 4.69) is 0 Å². The molecule has 2 amide bonds. The minimum atomic E-state index is -0.904. The predicted molar refractivity (Wildman–Crippen MR) is 76.1 cm³/mol. The van der Waals surface area contributed by atoms with Gasteiger partial charge < -0.3 is 14.9 Å². The Morgan fingerprint density at radius 2 is 1.50 bits per heavy atom. The van der Waals surface area contributed by atoms with E-state index in [-0.39, 0.29) is 23.7 Å². The van der Waals surface area contributed by atoms with Gasteiger partial charge in [0, 0.05) is 11.8 Å². The van der Waals surface area contributed by atoms with E-state index in [1.165, 1.54) is 4.90 Å². The number of ether oxygens (including phenoxy) is 1. The first kappa shape index (κ1) is 13.7. The number of hydrogen-bond acceptors (Lipinski definition) is 5. The monoisotopic (exact) mass is 303 g/mol. The first-order valence-electron chi connectivity index (χ1n) is 7.42. The summed E-state index contributed by atoms with van der Waals surface area (Å²) >= 11 is 0. The number of carbonyl (C=O) groups excluding carboxylic acids is 2. The Labute approximate surface area is 127 Å². The van der Waals surface area contributed by atoms with Gasteiger partial charge in [-0.1, -0.05) is 0 Å². The Morgan fingerprint density at radius 1 is 1.00 bits per heavy atom. The average molecular weight is 303 g/mol. The standard InChI is InChI=1S/C16H17NO5/c1-22-8-4-2-7(3-5-8)17-15(20)11-9-6-10(12(11)16(17)21)14(19)13(9)18/h2-5,9-14,18-19H,6H2,1H3/t9-,10+,11+,12-,13-,14-/m1/s1. The highest BCUT2D eigenvalue weighted by atomic mass is 16.5. The fourth-order valence-corrected chi connectivity index (χ4v) is 4.42. The molecule has 1 saturated heterocycles. The molecular formula is C16H17NO5. The van der Waals surface area contributed by atoms with E-state index in [9.17, 15) is 19.8 Å². The lowest BCUT2D eigenvalue weighted by Crippen LogP contribution is -2.43. The molecule has 3 fully saturated rings. The number of nitrogens with zero attached hydrogens (tertiary/aromatic N) is 1. The van der Waals surface area contributed by atoms with Crippen LogP contribution in [-0.4, -0.2) is 41.3 Å². The molecule has 2 aliphatic carbocycles. The molecule has 3 aliphatic rings. The highest BCUT2D eigenvalue weighted by Gasteiger charge is 2.67. The molecule has 22 heavy (non-hydrogen) atoms. The largest absolute Gasteiger partial charge is 0.497 e. The summed E-state index contributed by atoms with van der Waals surface area (Å²) in [5, 5.41) is 20.0. The number of hydrogen-bond donors (Lipinski definition) is 2. The van der Waals surface area contributed by atoms with Crippen LogP contribution in [0.4, 0.5) is 5.69 Å². The molecule has 116 valence electrons. The van der Waals surface area contributed by atoms with Gasteiger partial charge in [0.2, 0.25) is 11.8 Å². The third kappa shape index (κ3) is 1.56. The summed E-state index contributed by atoms with van der Waals surface area (Å²) in [6, 6.07) is 6.74. The van der Waals surface area contributed by atoms with Gasteiger partial charge in [0.25, 0.3) is 0 Å². The van der Waals surface area contributed by atoms with Crippen molar-refractivity contribution in [2.45, 2.75) is 18.6 Å². The number of anilines is 1. The molecule has 4 rings (SSSR count). The quantitative estimate of drug-likeness (QED) is 0.761. The van der Waals surface area contributed by atoms with Gasteiger partial charge >= 0.3 is 0 Å². The molecule has 2 saturated carbocycles. The highest BCUT2D eigenvalue weighted by molar-refractivity contribution is 6.22. The van der Waals surface area contributed by atoms with E-state index in [1.54, 1.807) is 31.4 Å². The van der Waals surface area contributed by atoms with Gasteiger partial charge in [0.15, 0.2) is 0 Å². The van der Waals surface area contributed by atoms with E-state index in [1.807, 2.05) is 0 Å². The Balaban J connectivity index is 1.69. The zero-order valence-corrected chi connectivity index (χ0v) is 12.0. The first-order chi connectivity index (χ1) is 10.5. The van der Waals surface area contributed by atoms with Crippen LogP contribution in [0, 0.1) is 23.7 Å². The topological polar surface area (TPSA) is 87.1 Å². The number of methoxy groups -OCH3 is 1.